The van der Waals surface area contributed by atoms with E-state index in [1.54, 1.807) is 30.6 Å². The van der Waals surface area contributed by atoms with Crippen LogP contribution in [0.3, 0.4) is 0 Å². The molecule has 3 rings (SSSR count). The van der Waals surface area contributed by atoms with Crippen molar-refractivity contribution in [1.29, 1.82) is 0 Å². The molecule has 5 nitrogen and oxygen atoms in total. The second-order valence-electron chi connectivity index (χ2n) is 5.12. The number of aromatic nitrogens is 1. The number of nitrogens with two attached hydrogens (primary N) is 1. The fourth-order valence-electron chi connectivity index (χ4n) is 2.65. The van der Waals surface area contributed by atoms with Crippen molar-refractivity contribution in [2.75, 3.05) is 13.1 Å². The summed E-state index contributed by atoms with van der Waals surface area (Å²) < 4.78 is 27.1. The number of hydrogen-bond donors (Lipinski definition) is 1. The van der Waals surface area contributed by atoms with E-state index in [1.165, 1.54) is 4.31 Å². The highest BCUT2D eigenvalue weighted by molar-refractivity contribution is 7.89. The summed E-state index contributed by atoms with van der Waals surface area (Å²) in [5, 5.41) is 1.54. The molecule has 1 atom stereocenters. The van der Waals surface area contributed by atoms with E-state index in [4.69, 9.17) is 5.73 Å². The Labute approximate surface area is 142 Å². The van der Waals surface area contributed by atoms with Gasteiger partial charge in [0.1, 0.15) is 0 Å². The van der Waals surface area contributed by atoms with Crippen molar-refractivity contribution in [3.8, 4) is 0 Å². The Balaban J connectivity index is 0.00000121. The normalized spacial score (nSPS) is 19.2. The van der Waals surface area contributed by atoms with E-state index in [9.17, 15) is 8.42 Å². The molecule has 1 aromatic heterocycles. The fourth-order valence-corrected chi connectivity index (χ4v) is 4.40. The van der Waals surface area contributed by atoms with Gasteiger partial charge in [-0.2, -0.15) is 4.31 Å². The number of fused-ring (bicyclic) bond motifs is 1. The zero-order chi connectivity index (χ0) is 14.2. The monoisotopic (exact) mass is 363 g/mol. The van der Waals surface area contributed by atoms with Crippen molar-refractivity contribution in [2.45, 2.75) is 23.8 Å². The minimum atomic E-state index is -3.50. The van der Waals surface area contributed by atoms with Crippen molar-refractivity contribution in [2.24, 2.45) is 5.73 Å². The summed E-state index contributed by atoms with van der Waals surface area (Å²) in [6.45, 7) is 0.932. The largest absolute Gasteiger partial charge is 0.327 e. The molecule has 1 aliphatic heterocycles. The molecule has 0 radical (unpaired) electrons. The molecule has 1 fully saturated rings. The minimum absolute atomic E-state index is 0. The highest BCUT2D eigenvalue weighted by Crippen LogP contribution is 2.26. The lowest BCUT2D eigenvalue weighted by Gasteiger charge is -2.30. The van der Waals surface area contributed by atoms with Crippen LogP contribution in [-0.4, -0.2) is 36.8 Å². The van der Waals surface area contributed by atoms with E-state index >= 15 is 0 Å². The van der Waals surface area contributed by atoms with Crippen LogP contribution < -0.4 is 5.73 Å². The van der Waals surface area contributed by atoms with Crippen LogP contribution >= 0.6 is 24.8 Å². The third-order valence-corrected chi connectivity index (χ3v) is 5.60. The maximum Gasteiger partial charge on any atom is 0.243 e. The highest BCUT2D eigenvalue weighted by Gasteiger charge is 2.29. The predicted molar refractivity (Wildman–Crippen MR) is 92.2 cm³/mol. The van der Waals surface area contributed by atoms with Gasteiger partial charge in [-0.25, -0.2) is 8.42 Å². The molecule has 0 amide bonds. The van der Waals surface area contributed by atoms with Gasteiger partial charge in [0.15, 0.2) is 0 Å². The molecule has 0 aliphatic carbocycles. The van der Waals surface area contributed by atoms with Gasteiger partial charge in [0.2, 0.25) is 10.0 Å². The van der Waals surface area contributed by atoms with Crippen LogP contribution in [0.2, 0.25) is 0 Å². The molecule has 2 N–H and O–H groups in total. The lowest BCUT2D eigenvalue weighted by atomic mass is 10.1. The summed E-state index contributed by atoms with van der Waals surface area (Å²) in [6.07, 6.45) is 4.98. The number of nitrogens with zero attached hydrogens (tertiary/aromatic N) is 2. The Bertz CT molecular complexity index is 734. The summed E-state index contributed by atoms with van der Waals surface area (Å²) in [6, 6.07) is 6.93. The number of hydrogen-bond acceptors (Lipinski definition) is 4. The lowest BCUT2D eigenvalue weighted by molar-refractivity contribution is 0.316. The number of halogens is 2. The van der Waals surface area contributed by atoms with Gasteiger partial charge >= 0.3 is 0 Å². The number of rotatable bonds is 2. The van der Waals surface area contributed by atoms with E-state index < -0.39 is 10.0 Å². The second-order valence-corrected chi connectivity index (χ2v) is 7.02. The highest BCUT2D eigenvalue weighted by atomic mass is 35.5. The second kappa shape index (κ2) is 7.57. The average molecular weight is 364 g/mol. The molecule has 122 valence electrons. The van der Waals surface area contributed by atoms with E-state index in [1.807, 2.05) is 6.07 Å². The van der Waals surface area contributed by atoms with Crippen LogP contribution in [0.15, 0.2) is 41.6 Å². The quantitative estimate of drug-likeness (QED) is 0.886. The van der Waals surface area contributed by atoms with Gasteiger partial charge in [-0.05, 0) is 25.0 Å². The van der Waals surface area contributed by atoms with Crippen molar-refractivity contribution >= 4 is 45.6 Å². The zero-order valence-corrected chi connectivity index (χ0v) is 14.3. The number of sulfonamides is 1. The maximum atomic E-state index is 12.8. The molecule has 2 heterocycles. The summed E-state index contributed by atoms with van der Waals surface area (Å²) in [4.78, 5) is 4.37. The van der Waals surface area contributed by atoms with E-state index in [0.717, 1.165) is 18.2 Å². The number of pyridine rings is 1. The van der Waals surface area contributed by atoms with Gasteiger partial charge < -0.3 is 5.73 Å². The third-order valence-electron chi connectivity index (χ3n) is 3.68. The van der Waals surface area contributed by atoms with E-state index in [0.29, 0.717) is 23.4 Å². The van der Waals surface area contributed by atoms with Crippen LogP contribution in [0, 0.1) is 0 Å². The topological polar surface area (TPSA) is 76.3 Å². The van der Waals surface area contributed by atoms with Crippen molar-refractivity contribution in [1.82, 2.24) is 9.29 Å². The smallest absolute Gasteiger partial charge is 0.243 e. The molecule has 1 aliphatic rings. The molecule has 2 aromatic rings. The Morgan fingerprint density at radius 3 is 2.73 bits per heavy atom. The summed E-state index contributed by atoms with van der Waals surface area (Å²) in [7, 11) is -3.50. The molecule has 22 heavy (non-hydrogen) atoms. The fraction of sp³-hybridized carbons (Fsp3) is 0.357. The molecule has 0 unspecified atom stereocenters. The Morgan fingerprint density at radius 2 is 2.00 bits per heavy atom. The first-order valence-corrected chi connectivity index (χ1v) is 8.11. The number of benzene rings is 1. The first-order valence-electron chi connectivity index (χ1n) is 6.67. The van der Waals surface area contributed by atoms with Gasteiger partial charge in [0.05, 0.1) is 4.90 Å². The lowest BCUT2D eigenvalue weighted by Crippen LogP contribution is -2.45. The predicted octanol–water partition coefficient (Wildman–Crippen LogP) is 2.19. The van der Waals surface area contributed by atoms with Gasteiger partial charge in [-0.1, -0.05) is 12.1 Å². The molecular weight excluding hydrogens is 345 g/mol. The van der Waals surface area contributed by atoms with Crippen molar-refractivity contribution in [3.05, 3.63) is 36.7 Å². The van der Waals surface area contributed by atoms with Crippen LogP contribution in [0.4, 0.5) is 0 Å². The van der Waals surface area contributed by atoms with Crippen LogP contribution in [0.25, 0.3) is 10.8 Å². The minimum Gasteiger partial charge on any atom is -0.327 e. The first-order chi connectivity index (χ1) is 9.59. The summed E-state index contributed by atoms with van der Waals surface area (Å²) in [5.41, 5.74) is 5.90. The average Bonchev–Trinajstić information content (AvgIpc) is 2.46. The zero-order valence-electron chi connectivity index (χ0n) is 11.9. The summed E-state index contributed by atoms with van der Waals surface area (Å²) >= 11 is 0. The van der Waals surface area contributed by atoms with Crippen molar-refractivity contribution in [3.63, 3.8) is 0 Å². The standard InChI is InChI=1S/C14H17N3O2S.2ClH/c15-12-4-2-8-17(10-12)20(18,19)14-5-1-3-11-9-16-7-6-13(11)14;;/h1,3,5-7,9,12H,2,4,8,10,15H2;2*1H/t12-;;/m1../s1. The van der Waals surface area contributed by atoms with E-state index in [-0.39, 0.29) is 30.9 Å². The molecule has 1 aromatic carbocycles. The van der Waals surface area contributed by atoms with Gasteiger partial charge in [0, 0.05) is 42.3 Å². The summed E-state index contributed by atoms with van der Waals surface area (Å²) in [5.74, 6) is 0. The molecule has 0 bridgehead atoms. The Hall–Kier alpha value is -0.920. The van der Waals surface area contributed by atoms with E-state index in [2.05, 4.69) is 4.98 Å². The molecule has 0 spiro atoms. The van der Waals surface area contributed by atoms with Gasteiger partial charge in [-0.3, -0.25) is 4.98 Å². The third kappa shape index (κ3) is 3.52. The maximum absolute atomic E-state index is 12.8. The van der Waals surface area contributed by atoms with Crippen LogP contribution in [0.5, 0.6) is 0 Å². The molecule has 1 saturated heterocycles. The Kier molecular flexibility index (Phi) is 6.58. The van der Waals surface area contributed by atoms with Gasteiger partial charge in [-0.15, -0.1) is 24.8 Å². The molecule has 0 saturated carbocycles. The van der Waals surface area contributed by atoms with Crippen molar-refractivity contribution < 1.29 is 8.42 Å². The van der Waals surface area contributed by atoms with Crippen LogP contribution in [0.1, 0.15) is 12.8 Å². The van der Waals surface area contributed by atoms with Gasteiger partial charge in [0.25, 0.3) is 0 Å². The van der Waals surface area contributed by atoms with Crippen LogP contribution in [-0.2, 0) is 10.0 Å². The first kappa shape index (κ1) is 19.1. The molecular formula is C14H19Cl2N3O2S. The Morgan fingerprint density at radius 1 is 1.23 bits per heavy atom. The molecule has 8 heteroatoms. The number of piperidine rings is 1. The SMILES string of the molecule is Cl.Cl.N[C@@H]1CCCN(S(=O)(=O)c2cccc3cnccc23)C1.